The molecule has 150 valence electrons. The Morgan fingerprint density at radius 3 is 2.32 bits per heavy atom. The van der Waals surface area contributed by atoms with Crippen LogP contribution in [-0.4, -0.2) is 24.7 Å². The van der Waals surface area contributed by atoms with Gasteiger partial charge in [0.2, 0.25) is 5.91 Å². The van der Waals surface area contributed by atoms with Gasteiger partial charge in [0.25, 0.3) is 0 Å². The first kappa shape index (κ1) is 20.6. The number of anilines is 1. The zero-order chi connectivity index (χ0) is 20.5. The average molecular weight is 408 g/mol. The summed E-state index contributed by atoms with van der Waals surface area (Å²) in [6.07, 6.45) is -4.09. The van der Waals surface area contributed by atoms with Crippen molar-refractivity contribution in [2.24, 2.45) is 5.73 Å². The van der Waals surface area contributed by atoms with Crippen LogP contribution >= 0.6 is 11.8 Å². The smallest absolute Gasteiger partial charge is 0.369 e. The summed E-state index contributed by atoms with van der Waals surface area (Å²) in [5.74, 6) is 0.544. The van der Waals surface area contributed by atoms with E-state index in [2.05, 4.69) is 17.0 Å². The van der Waals surface area contributed by atoms with Crippen LogP contribution in [-0.2, 0) is 17.4 Å². The molecule has 28 heavy (non-hydrogen) atoms. The maximum Gasteiger partial charge on any atom is 0.416 e. The molecule has 3 rings (SSSR count). The fraction of sp³-hybridized carbons (Fsp3) is 0.381. The molecule has 0 saturated carbocycles. The molecule has 1 aliphatic rings. The molecule has 0 aliphatic carbocycles. The fourth-order valence-electron chi connectivity index (χ4n) is 3.58. The summed E-state index contributed by atoms with van der Waals surface area (Å²) in [5, 5.41) is 0.113. The summed E-state index contributed by atoms with van der Waals surface area (Å²) < 4.78 is 38.4. The van der Waals surface area contributed by atoms with E-state index < -0.39 is 11.7 Å². The summed E-state index contributed by atoms with van der Waals surface area (Å²) in [6, 6.07) is 9.59. The number of primary amides is 1. The summed E-state index contributed by atoms with van der Waals surface area (Å²) in [4.78, 5) is 13.5. The molecule has 1 aliphatic heterocycles. The van der Waals surface area contributed by atoms with E-state index in [4.69, 9.17) is 5.73 Å². The van der Waals surface area contributed by atoms with E-state index >= 15 is 0 Å². The Hall–Kier alpha value is -2.15. The van der Waals surface area contributed by atoms with Crippen molar-refractivity contribution in [1.82, 2.24) is 0 Å². The first-order valence-corrected chi connectivity index (χ1v) is 10.1. The molecule has 2 N–H and O–H groups in total. The highest BCUT2D eigenvalue weighted by molar-refractivity contribution is 7.99. The standard InChI is InChI=1S/C21H23F3N2OS/c1-13-9-17(10-14(2)18(13)11-20(25)27)26-7-8-28-19(12-26)15-3-5-16(6-4-15)21(22,23)24/h3-6,9-10,19H,7-8,11-12H2,1-2H3,(H2,25,27). The lowest BCUT2D eigenvalue weighted by Gasteiger charge is -2.35. The van der Waals surface area contributed by atoms with Crippen molar-refractivity contribution < 1.29 is 18.0 Å². The quantitative estimate of drug-likeness (QED) is 0.801. The zero-order valence-corrected chi connectivity index (χ0v) is 16.7. The number of nitrogens with two attached hydrogens (primary N) is 1. The lowest BCUT2D eigenvalue weighted by Crippen LogP contribution is -2.34. The van der Waals surface area contributed by atoms with Gasteiger partial charge in [0, 0.05) is 29.8 Å². The Morgan fingerprint density at radius 2 is 1.79 bits per heavy atom. The van der Waals surface area contributed by atoms with Gasteiger partial charge in [-0.2, -0.15) is 24.9 Å². The van der Waals surface area contributed by atoms with Gasteiger partial charge < -0.3 is 10.6 Å². The summed E-state index contributed by atoms with van der Waals surface area (Å²) in [5.41, 5.74) is 9.71. The number of benzene rings is 2. The van der Waals surface area contributed by atoms with Crippen LogP contribution in [0.3, 0.4) is 0 Å². The topological polar surface area (TPSA) is 46.3 Å². The van der Waals surface area contributed by atoms with Gasteiger partial charge in [-0.3, -0.25) is 4.79 Å². The third-order valence-corrected chi connectivity index (χ3v) is 6.32. The van der Waals surface area contributed by atoms with Crippen molar-refractivity contribution in [3.63, 3.8) is 0 Å². The van der Waals surface area contributed by atoms with Crippen LogP contribution in [0.25, 0.3) is 0 Å². The lowest BCUT2D eigenvalue weighted by atomic mass is 9.98. The van der Waals surface area contributed by atoms with E-state index in [9.17, 15) is 18.0 Å². The van der Waals surface area contributed by atoms with Crippen molar-refractivity contribution in [3.05, 3.63) is 64.2 Å². The number of halogens is 3. The number of carbonyl (C=O) groups is 1. The minimum atomic E-state index is -4.31. The highest BCUT2D eigenvalue weighted by Gasteiger charge is 2.31. The molecule has 1 unspecified atom stereocenters. The Balaban J connectivity index is 1.79. The number of amides is 1. The Kier molecular flexibility index (Phi) is 5.93. The Labute approximate surface area is 167 Å². The Morgan fingerprint density at radius 1 is 1.18 bits per heavy atom. The minimum absolute atomic E-state index is 0.113. The predicted molar refractivity (Wildman–Crippen MR) is 108 cm³/mol. The van der Waals surface area contributed by atoms with Gasteiger partial charge >= 0.3 is 6.18 Å². The van der Waals surface area contributed by atoms with Crippen LogP contribution in [0.1, 0.15) is 33.1 Å². The molecule has 3 nitrogen and oxygen atoms in total. The van der Waals surface area contributed by atoms with Crippen LogP contribution in [0.15, 0.2) is 36.4 Å². The molecule has 0 aromatic heterocycles. The second kappa shape index (κ2) is 8.07. The van der Waals surface area contributed by atoms with Crippen molar-refractivity contribution in [1.29, 1.82) is 0 Å². The minimum Gasteiger partial charge on any atom is -0.369 e. The number of alkyl halides is 3. The number of thioether (sulfide) groups is 1. The average Bonchev–Trinajstić information content (AvgIpc) is 2.64. The van der Waals surface area contributed by atoms with Gasteiger partial charge in [0.1, 0.15) is 0 Å². The van der Waals surface area contributed by atoms with Crippen LogP contribution in [0.2, 0.25) is 0 Å². The number of rotatable bonds is 4. The largest absolute Gasteiger partial charge is 0.416 e. The third-order valence-electron chi connectivity index (χ3n) is 5.07. The summed E-state index contributed by atoms with van der Waals surface area (Å²) >= 11 is 1.76. The molecule has 0 spiro atoms. The molecular formula is C21H23F3N2OS. The first-order chi connectivity index (χ1) is 13.1. The molecule has 1 fully saturated rings. The van der Waals surface area contributed by atoms with Crippen LogP contribution in [0.5, 0.6) is 0 Å². The van der Waals surface area contributed by atoms with Gasteiger partial charge in [-0.1, -0.05) is 12.1 Å². The van der Waals surface area contributed by atoms with Crippen molar-refractivity contribution in [2.75, 3.05) is 23.7 Å². The Bertz CT molecular complexity index is 842. The number of nitrogens with zero attached hydrogens (tertiary/aromatic N) is 1. The monoisotopic (exact) mass is 408 g/mol. The predicted octanol–water partition coefficient (Wildman–Crippen LogP) is 4.64. The van der Waals surface area contributed by atoms with Gasteiger partial charge in [-0.25, -0.2) is 0 Å². The maximum absolute atomic E-state index is 12.8. The molecule has 0 bridgehead atoms. The van der Waals surface area contributed by atoms with Crippen LogP contribution in [0.4, 0.5) is 18.9 Å². The van der Waals surface area contributed by atoms with Crippen LogP contribution in [0, 0.1) is 13.8 Å². The molecule has 2 aromatic carbocycles. The fourth-order valence-corrected chi connectivity index (χ4v) is 4.82. The third kappa shape index (κ3) is 4.63. The van der Waals surface area contributed by atoms with E-state index in [0.29, 0.717) is 0 Å². The number of hydrogen-bond acceptors (Lipinski definition) is 3. The zero-order valence-electron chi connectivity index (χ0n) is 15.8. The number of carbonyl (C=O) groups excluding carboxylic acids is 1. The van der Waals surface area contributed by atoms with Gasteiger partial charge in [0.05, 0.1) is 12.0 Å². The molecule has 1 heterocycles. The molecule has 7 heteroatoms. The molecule has 1 saturated heterocycles. The highest BCUT2D eigenvalue weighted by atomic mass is 32.2. The van der Waals surface area contributed by atoms with E-state index in [1.165, 1.54) is 0 Å². The molecule has 1 amide bonds. The number of aryl methyl sites for hydroxylation is 2. The van der Waals surface area contributed by atoms with Crippen molar-refractivity contribution in [2.45, 2.75) is 31.7 Å². The van der Waals surface area contributed by atoms with Gasteiger partial charge in [-0.15, -0.1) is 0 Å². The molecular weight excluding hydrogens is 385 g/mol. The second-order valence-electron chi connectivity index (χ2n) is 7.13. The van der Waals surface area contributed by atoms with E-state index in [1.807, 2.05) is 13.8 Å². The summed E-state index contributed by atoms with van der Waals surface area (Å²) in [6.45, 7) is 5.54. The highest BCUT2D eigenvalue weighted by Crippen LogP contribution is 2.37. The van der Waals surface area contributed by atoms with Crippen molar-refractivity contribution in [3.8, 4) is 0 Å². The first-order valence-electron chi connectivity index (χ1n) is 9.07. The number of hydrogen-bond donors (Lipinski definition) is 1. The van der Waals surface area contributed by atoms with E-state index in [-0.39, 0.29) is 17.6 Å². The molecule has 2 aromatic rings. The van der Waals surface area contributed by atoms with Gasteiger partial charge in [-0.05, 0) is 60.4 Å². The SMILES string of the molecule is Cc1cc(N2CCSC(c3ccc(C(F)(F)F)cc3)C2)cc(C)c1CC(N)=O. The molecule has 1 atom stereocenters. The second-order valence-corrected chi connectivity index (χ2v) is 8.44. The van der Waals surface area contributed by atoms with Crippen molar-refractivity contribution >= 4 is 23.4 Å². The lowest BCUT2D eigenvalue weighted by molar-refractivity contribution is -0.137. The van der Waals surface area contributed by atoms with Crippen LogP contribution < -0.4 is 10.6 Å². The maximum atomic E-state index is 12.8. The van der Waals surface area contributed by atoms with E-state index in [1.54, 1.807) is 23.9 Å². The van der Waals surface area contributed by atoms with E-state index in [0.717, 1.165) is 58.9 Å². The van der Waals surface area contributed by atoms with Gasteiger partial charge in [0.15, 0.2) is 0 Å². The molecule has 0 radical (unpaired) electrons. The summed E-state index contributed by atoms with van der Waals surface area (Å²) in [7, 11) is 0. The normalized spacial score (nSPS) is 17.6.